The first-order valence-electron chi connectivity index (χ1n) is 10.4. The fourth-order valence-corrected chi connectivity index (χ4v) is 3.51. The largest absolute Gasteiger partial charge is 0.493 e. The molecule has 1 amide bonds. The summed E-state index contributed by atoms with van der Waals surface area (Å²) in [6.07, 6.45) is 7.81. The zero-order chi connectivity index (χ0) is 21.3. The summed E-state index contributed by atoms with van der Waals surface area (Å²) in [7, 11) is 1.62. The molecule has 1 heterocycles. The zero-order valence-electron chi connectivity index (χ0n) is 17.7. The quantitative estimate of drug-likeness (QED) is 0.555. The van der Waals surface area contributed by atoms with E-state index in [2.05, 4.69) is 20.9 Å². The highest BCUT2D eigenvalue weighted by Gasteiger charge is 2.18. The van der Waals surface area contributed by atoms with Gasteiger partial charge in [-0.25, -0.2) is 0 Å². The predicted molar refractivity (Wildman–Crippen MR) is 121 cm³/mol. The van der Waals surface area contributed by atoms with Crippen LogP contribution in [0.4, 0.5) is 5.69 Å². The standard InChI is InChI=1S/C23H31N5O2/c1-16-10-19(13-24)21(12-22(16)30-14-17-6-8-26-9-7-17)28-15-27-20-5-3-4-18(11-20)23(29)25-2/h3-5,10-13,17,26-27H,6-9,14-15,24H2,1-2H3,(H,25,29)/b19-13-,28-21-. The third-order valence-corrected chi connectivity index (χ3v) is 5.32. The van der Waals surface area contributed by atoms with Crippen molar-refractivity contribution in [3.63, 3.8) is 0 Å². The van der Waals surface area contributed by atoms with Gasteiger partial charge in [-0.05, 0) is 68.6 Å². The highest BCUT2D eigenvalue weighted by atomic mass is 16.5. The molecule has 1 aliphatic heterocycles. The average Bonchev–Trinajstić information content (AvgIpc) is 2.79. The van der Waals surface area contributed by atoms with Gasteiger partial charge in [0.1, 0.15) is 12.4 Å². The summed E-state index contributed by atoms with van der Waals surface area (Å²) in [5.41, 5.74) is 9.93. The van der Waals surface area contributed by atoms with E-state index in [1.54, 1.807) is 25.4 Å². The highest BCUT2D eigenvalue weighted by Crippen LogP contribution is 2.23. The van der Waals surface area contributed by atoms with Gasteiger partial charge in [0.05, 0.1) is 12.3 Å². The lowest BCUT2D eigenvalue weighted by Gasteiger charge is -2.24. The summed E-state index contributed by atoms with van der Waals surface area (Å²) in [6, 6.07) is 7.31. The molecule has 0 radical (unpaired) electrons. The van der Waals surface area contributed by atoms with Gasteiger partial charge in [-0.1, -0.05) is 6.07 Å². The number of nitrogens with two attached hydrogens (primary N) is 1. The Morgan fingerprint density at radius 3 is 2.87 bits per heavy atom. The second-order valence-corrected chi connectivity index (χ2v) is 7.50. The average molecular weight is 410 g/mol. The maximum absolute atomic E-state index is 11.8. The number of hydrogen-bond donors (Lipinski definition) is 4. The second kappa shape index (κ2) is 10.6. The fourth-order valence-electron chi connectivity index (χ4n) is 3.51. The smallest absolute Gasteiger partial charge is 0.251 e. The Morgan fingerprint density at radius 2 is 2.13 bits per heavy atom. The summed E-state index contributed by atoms with van der Waals surface area (Å²) in [4.78, 5) is 16.4. The van der Waals surface area contributed by atoms with Crippen LogP contribution in [0, 0.1) is 5.92 Å². The van der Waals surface area contributed by atoms with Gasteiger partial charge in [0.15, 0.2) is 0 Å². The Labute approximate surface area is 178 Å². The molecule has 0 aromatic heterocycles. The van der Waals surface area contributed by atoms with Gasteiger partial charge in [0, 0.05) is 36.1 Å². The van der Waals surface area contributed by atoms with Gasteiger partial charge in [-0.3, -0.25) is 9.79 Å². The van der Waals surface area contributed by atoms with Crippen LogP contribution in [0.25, 0.3) is 0 Å². The Kier molecular flexibility index (Phi) is 7.68. The van der Waals surface area contributed by atoms with Crippen molar-refractivity contribution in [3.8, 4) is 0 Å². The number of aliphatic imine (C=N–C) groups is 1. The SMILES string of the molecule is CNC(=O)c1cccc(NC/N=C2/C=C(OCC3CCNCC3)C(C)=C/C2=C/N)c1. The van der Waals surface area contributed by atoms with Crippen molar-refractivity contribution in [1.29, 1.82) is 0 Å². The molecule has 0 bridgehead atoms. The molecule has 1 aromatic rings. The van der Waals surface area contributed by atoms with E-state index in [1.165, 1.54) is 0 Å². The number of nitrogens with one attached hydrogen (secondary N) is 3. The first-order valence-corrected chi connectivity index (χ1v) is 10.4. The van der Waals surface area contributed by atoms with Crippen LogP contribution in [-0.2, 0) is 4.74 Å². The molecule has 2 aliphatic rings. The highest BCUT2D eigenvalue weighted by molar-refractivity contribution is 6.12. The van der Waals surface area contributed by atoms with Gasteiger partial charge in [-0.2, -0.15) is 0 Å². The molecule has 7 nitrogen and oxygen atoms in total. The van der Waals surface area contributed by atoms with E-state index >= 15 is 0 Å². The van der Waals surface area contributed by atoms with E-state index in [4.69, 9.17) is 10.5 Å². The van der Waals surface area contributed by atoms with Crippen LogP contribution in [-0.4, -0.2) is 45.0 Å². The molecule has 5 N–H and O–H groups in total. The Balaban J connectivity index is 1.65. The van der Waals surface area contributed by atoms with Crippen molar-refractivity contribution < 1.29 is 9.53 Å². The summed E-state index contributed by atoms with van der Waals surface area (Å²) >= 11 is 0. The summed E-state index contributed by atoms with van der Waals surface area (Å²) < 4.78 is 6.13. The van der Waals surface area contributed by atoms with Crippen molar-refractivity contribution in [2.45, 2.75) is 19.8 Å². The van der Waals surface area contributed by atoms with Crippen LogP contribution in [0.15, 0.2) is 64.5 Å². The van der Waals surface area contributed by atoms with Crippen LogP contribution in [0.2, 0.25) is 0 Å². The number of hydrogen-bond acceptors (Lipinski definition) is 6. The second-order valence-electron chi connectivity index (χ2n) is 7.50. The number of carbonyl (C=O) groups excluding carboxylic acids is 1. The number of piperidine rings is 1. The fraction of sp³-hybridized carbons (Fsp3) is 0.391. The van der Waals surface area contributed by atoms with Crippen LogP contribution >= 0.6 is 0 Å². The zero-order valence-corrected chi connectivity index (χ0v) is 17.7. The molecular weight excluding hydrogens is 378 g/mol. The normalized spacial score (nSPS) is 19.9. The van der Waals surface area contributed by atoms with Crippen molar-refractivity contribution in [1.82, 2.24) is 10.6 Å². The Hall–Kier alpha value is -3.06. The van der Waals surface area contributed by atoms with E-state index in [1.807, 2.05) is 31.2 Å². The first-order chi connectivity index (χ1) is 14.6. The van der Waals surface area contributed by atoms with Crippen molar-refractivity contribution >= 4 is 17.3 Å². The molecule has 0 atom stereocenters. The molecule has 160 valence electrons. The van der Waals surface area contributed by atoms with E-state index in [-0.39, 0.29) is 5.91 Å². The predicted octanol–water partition coefficient (Wildman–Crippen LogP) is 2.56. The number of ether oxygens (including phenoxy) is 1. The number of amides is 1. The summed E-state index contributed by atoms with van der Waals surface area (Å²) in [5.74, 6) is 1.31. The molecule has 3 rings (SSSR count). The lowest BCUT2D eigenvalue weighted by atomic mass is 9.98. The van der Waals surface area contributed by atoms with Gasteiger partial charge in [-0.15, -0.1) is 0 Å². The molecule has 0 spiro atoms. The summed E-state index contributed by atoms with van der Waals surface area (Å²) in [6.45, 7) is 5.22. The molecule has 1 fully saturated rings. The molecular formula is C23H31N5O2. The minimum Gasteiger partial charge on any atom is -0.493 e. The third-order valence-electron chi connectivity index (χ3n) is 5.32. The van der Waals surface area contributed by atoms with Gasteiger partial charge >= 0.3 is 0 Å². The molecule has 1 aliphatic carbocycles. The van der Waals surface area contributed by atoms with E-state index < -0.39 is 0 Å². The van der Waals surface area contributed by atoms with E-state index in [0.717, 1.165) is 60.8 Å². The maximum Gasteiger partial charge on any atom is 0.251 e. The number of carbonyl (C=O) groups is 1. The Morgan fingerprint density at radius 1 is 1.33 bits per heavy atom. The number of anilines is 1. The van der Waals surface area contributed by atoms with Crippen LogP contribution in [0.1, 0.15) is 30.1 Å². The molecule has 1 saturated heterocycles. The molecule has 1 aromatic carbocycles. The Bertz CT molecular complexity index is 879. The van der Waals surface area contributed by atoms with Gasteiger partial charge < -0.3 is 26.4 Å². The van der Waals surface area contributed by atoms with Gasteiger partial charge in [0.25, 0.3) is 5.91 Å². The van der Waals surface area contributed by atoms with Crippen molar-refractivity contribution in [2.24, 2.45) is 16.6 Å². The van der Waals surface area contributed by atoms with Crippen LogP contribution in [0.5, 0.6) is 0 Å². The van der Waals surface area contributed by atoms with Crippen molar-refractivity contribution in [3.05, 3.63) is 65.1 Å². The molecule has 7 heteroatoms. The third kappa shape index (κ3) is 5.73. The lowest BCUT2D eigenvalue weighted by molar-refractivity contribution is 0.0963. The van der Waals surface area contributed by atoms with Crippen LogP contribution in [0.3, 0.4) is 0 Å². The van der Waals surface area contributed by atoms with E-state index in [0.29, 0.717) is 18.2 Å². The monoisotopic (exact) mass is 409 g/mol. The molecule has 0 saturated carbocycles. The molecule has 30 heavy (non-hydrogen) atoms. The number of benzene rings is 1. The number of rotatable bonds is 7. The summed E-state index contributed by atoms with van der Waals surface area (Å²) in [5, 5.41) is 9.24. The van der Waals surface area contributed by atoms with Crippen molar-refractivity contribution in [2.75, 3.05) is 38.7 Å². The number of allylic oxidation sites excluding steroid dienone is 4. The minimum absolute atomic E-state index is 0.121. The minimum atomic E-state index is -0.121. The van der Waals surface area contributed by atoms with Crippen LogP contribution < -0.4 is 21.7 Å². The number of nitrogens with zero attached hydrogens (tertiary/aromatic N) is 1. The first kappa shape index (κ1) is 21.6. The van der Waals surface area contributed by atoms with E-state index in [9.17, 15) is 4.79 Å². The molecule has 0 unspecified atom stereocenters. The topological polar surface area (TPSA) is 101 Å². The lowest BCUT2D eigenvalue weighted by Crippen LogP contribution is -2.30. The van der Waals surface area contributed by atoms with Gasteiger partial charge in [0.2, 0.25) is 0 Å². The maximum atomic E-state index is 11.8.